The molecule has 0 aliphatic heterocycles. The van der Waals surface area contributed by atoms with Crippen LogP contribution in [0.1, 0.15) is 30.2 Å². The SMILES string of the molecule is NCC(c1ccc(Br)c(Br)c1)N(Cc1ccco1)C1CC1. The maximum atomic E-state index is 6.09. The van der Waals surface area contributed by atoms with E-state index in [1.54, 1.807) is 6.26 Å². The number of halogens is 2. The second-order valence-corrected chi connectivity index (χ2v) is 7.12. The highest BCUT2D eigenvalue weighted by atomic mass is 79.9. The van der Waals surface area contributed by atoms with Crippen LogP contribution >= 0.6 is 31.9 Å². The van der Waals surface area contributed by atoms with Gasteiger partial charge in [-0.15, -0.1) is 0 Å². The van der Waals surface area contributed by atoms with E-state index < -0.39 is 0 Å². The number of nitrogens with two attached hydrogens (primary N) is 1. The molecule has 1 aliphatic carbocycles. The molecule has 0 bridgehead atoms. The van der Waals surface area contributed by atoms with Crippen LogP contribution in [0.4, 0.5) is 0 Å². The molecule has 2 N–H and O–H groups in total. The highest BCUT2D eigenvalue weighted by molar-refractivity contribution is 9.13. The molecule has 3 rings (SSSR count). The normalized spacial score (nSPS) is 16.4. The fourth-order valence-electron chi connectivity index (χ4n) is 2.67. The van der Waals surface area contributed by atoms with E-state index in [4.69, 9.17) is 10.2 Å². The van der Waals surface area contributed by atoms with E-state index >= 15 is 0 Å². The Kier molecular flexibility index (Phi) is 4.84. The van der Waals surface area contributed by atoms with Gasteiger partial charge < -0.3 is 10.2 Å². The van der Waals surface area contributed by atoms with E-state index in [1.807, 2.05) is 12.1 Å². The largest absolute Gasteiger partial charge is 0.468 e. The molecule has 1 unspecified atom stereocenters. The summed E-state index contributed by atoms with van der Waals surface area (Å²) in [5, 5.41) is 0. The number of rotatable bonds is 6. The molecule has 3 nitrogen and oxygen atoms in total. The van der Waals surface area contributed by atoms with Gasteiger partial charge in [0.25, 0.3) is 0 Å². The monoisotopic (exact) mass is 412 g/mol. The van der Waals surface area contributed by atoms with Crippen LogP contribution in [-0.2, 0) is 6.54 Å². The van der Waals surface area contributed by atoms with Crippen LogP contribution in [0.2, 0.25) is 0 Å². The number of furan rings is 1. The van der Waals surface area contributed by atoms with Crippen LogP contribution in [0.25, 0.3) is 0 Å². The van der Waals surface area contributed by atoms with Crippen molar-refractivity contribution in [3.05, 3.63) is 56.9 Å². The lowest BCUT2D eigenvalue weighted by atomic mass is 10.0. The molecule has 5 heteroatoms. The van der Waals surface area contributed by atoms with Crippen molar-refractivity contribution in [3.63, 3.8) is 0 Å². The van der Waals surface area contributed by atoms with Gasteiger partial charge in [0.15, 0.2) is 0 Å². The van der Waals surface area contributed by atoms with Crippen LogP contribution in [0.3, 0.4) is 0 Å². The Balaban J connectivity index is 1.86. The Morgan fingerprint density at radius 3 is 2.62 bits per heavy atom. The topological polar surface area (TPSA) is 42.4 Å². The van der Waals surface area contributed by atoms with Crippen LogP contribution < -0.4 is 5.73 Å². The molecule has 1 fully saturated rings. The minimum Gasteiger partial charge on any atom is -0.468 e. The molecule has 1 saturated carbocycles. The Hall–Kier alpha value is -0.620. The number of nitrogens with zero attached hydrogens (tertiary/aromatic N) is 1. The van der Waals surface area contributed by atoms with E-state index in [0.717, 1.165) is 21.3 Å². The maximum Gasteiger partial charge on any atom is 0.117 e. The first-order valence-corrected chi connectivity index (χ1v) is 8.71. The van der Waals surface area contributed by atoms with E-state index in [9.17, 15) is 0 Å². The van der Waals surface area contributed by atoms with E-state index in [1.165, 1.54) is 18.4 Å². The molecule has 1 aromatic carbocycles. The van der Waals surface area contributed by atoms with Gasteiger partial charge in [-0.25, -0.2) is 0 Å². The lowest BCUT2D eigenvalue weighted by Crippen LogP contribution is -2.35. The molecule has 1 atom stereocenters. The highest BCUT2D eigenvalue weighted by Gasteiger charge is 2.34. The van der Waals surface area contributed by atoms with E-state index in [0.29, 0.717) is 12.6 Å². The van der Waals surface area contributed by atoms with Crippen molar-refractivity contribution in [2.24, 2.45) is 5.73 Å². The highest BCUT2D eigenvalue weighted by Crippen LogP contribution is 2.37. The Labute approximate surface area is 141 Å². The molecule has 0 saturated heterocycles. The van der Waals surface area contributed by atoms with Gasteiger partial charge in [-0.05, 0) is 74.5 Å². The van der Waals surface area contributed by atoms with Gasteiger partial charge in [0, 0.05) is 27.6 Å². The number of benzene rings is 1. The fourth-order valence-corrected chi connectivity index (χ4v) is 3.31. The molecule has 0 spiro atoms. The molecule has 1 aromatic heterocycles. The maximum absolute atomic E-state index is 6.09. The van der Waals surface area contributed by atoms with Crippen molar-refractivity contribution in [3.8, 4) is 0 Å². The molecule has 112 valence electrons. The number of hydrogen-bond acceptors (Lipinski definition) is 3. The Bertz CT molecular complexity index is 596. The molecule has 0 amide bonds. The van der Waals surface area contributed by atoms with Crippen molar-refractivity contribution >= 4 is 31.9 Å². The zero-order chi connectivity index (χ0) is 14.8. The molecular weight excluding hydrogens is 396 g/mol. The first-order valence-electron chi connectivity index (χ1n) is 7.12. The second-order valence-electron chi connectivity index (χ2n) is 5.41. The second kappa shape index (κ2) is 6.65. The Morgan fingerprint density at radius 1 is 1.24 bits per heavy atom. The zero-order valence-electron chi connectivity index (χ0n) is 11.6. The molecule has 1 heterocycles. The first-order chi connectivity index (χ1) is 10.2. The van der Waals surface area contributed by atoms with Crippen molar-refractivity contribution in [1.82, 2.24) is 4.90 Å². The molecule has 0 radical (unpaired) electrons. The Morgan fingerprint density at radius 2 is 2.05 bits per heavy atom. The first kappa shape index (κ1) is 15.3. The summed E-state index contributed by atoms with van der Waals surface area (Å²) < 4.78 is 7.64. The summed E-state index contributed by atoms with van der Waals surface area (Å²) in [7, 11) is 0. The van der Waals surface area contributed by atoms with Crippen LogP contribution in [0.5, 0.6) is 0 Å². The smallest absolute Gasteiger partial charge is 0.117 e. The standard InChI is InChI=1S/C16H18Br2N2O/c17-14-6-3-11(8-15(14)18)16(9-19)20(12-4-5-12)10-13-2-1-7-21-13/h1-3,6-8,12,16H,4-5,9-10,19H2. The van der Waals surface area contributed by atoms with E-state index in [2.05, 4.69) is 55.0 Å². The summed E-state index contributed by atoms with van der Waals surface area (Å²) in [5.41, 5.74) is 7.33. The van der Waals surface area contributed by atoms with Gasteiger partial charge >= 0.3 is 0 Å². The van der Waals surface area contributed by atoms with Gasteiger partial charge in [-0.3, -0.25) is 4.90 Å². The average Bonchev–Trinajstić information content (AvgIpc) is 3.20. The van der Waals surface area contributed by atoms with Crippen LogP contribution in [0.15, 0.2) is 50.0 Å². The summed E-state index contributed by atoms with van der Waals surface area (Å²) in [6, 6.07) is 11.2. The third-order valence-electron chi connectivity index (χ3n) is 3.89. The third-order valence-corrected chi connectivity index (χ3v) is 5.77. The summed E-state index contributed by atoms with van der Waals surface area (Å²) in [4.78, 5) is 2.47. The van der Waals surface area contributed by atoms with Crippen molar-refractivity contribution in [2.75, 3.05) is 6.54 Å². The minimum atomic E-state index is 0.215. The zero-order valence-corrected chi connectivity index (χ0v) is 14.8. The van der Waals surface area contributed by atoms with Crippen molar-refractivity contribution < 1.29 is 4.42 Å². The summed E-state index contributed by atoms with van der Waals surface area (Å²) >= 11 is 7.10. The van der Waals surface area contributed by atoms with Gasteiger partial charge in [0.2, 0.25) is 0 Å². The average molecular weight is 414 g/mol. The summed E-state index contributed by atoms with van der Waals surface area (Å²) in [6.07, 6.45) is 4.22. The molecule has 1 aliphatic rings. The molecule has 21 heavy (non-hydrogen) atoms. The lowest BCUT2D eigenvalue weighted by Gasteiger charge is -2.31. The van der Waals surface area contributed by atoms with Crippen molar-refractivity contribution in [2.45, 2.75) is 31.5 Å². The minimum absolute atomic E-state index is 0.215. The fraction of sp³-hybridized carbons (Fsp3) is 0.375. The van der Waals surface area contributed by atoms with Gasteiger partial charge in [-0.2, -0.15) is 0 Å². The quantitative estimate of drug-likeness (QED) is 0.759. The summed E-state index contributed by atoms with van der Waals surface area (Å²) in [6.45, 7) is 1.42. The lowest BCUT2D eigenvalue weighted by molar-refractivity contribution is 0.168. The number of hydrogen-bond donors (Lipinski definition) is 1. The van der Waals surface area contributed by atoms with Crippen LogP contribution in [-0.4, -0.2) is 17.5 Å². The van der Waals surface area contributed by atoms with Gasteiger partial charge in [-0.1, -0.05) is 6.07 Å². The third kappa shape index (κ3) is 3.59. The van der Waals surface area contributed by atoms with Gasteiger partial charge in [0.1, 0.15) is 5.76 Å². The molecule has 2 aromatic rings. The predicted molar refractivity (Wildman–Crippen MR) is 90.9 cm³/mol. The predicted octanol–water partition coefficient (Wildman–Crippen LogP) is 4.47. The van der Waals surface area contributed by atoms with E-state index in [-0.39, 0.29) is 6.04 Å². The summed E-state index contributed by atoms with van der Waals surface area (Å²) in [5.74, 6) is 0.997. The van der Waals surface area contributed by atoms with Crippen molar-refractivity contribution in [1.29, 1.82) is 0 Å². The van der Waals surface area contributed by atoms with Gasteiger partial charge in [0.05, 0.1) is 12.8 Å². The van der Waals surface area contributed by atoms with Crippen LogP contribution in [0, 0.1) is 0 Å². The molecular formula is C16H18Br2N2O.